The second-order valence-electron chi connectivity index (χ2n) is 6.54. The summed E-state index contributed by atoms with van der Waals surface area (Å²) in [4.78, 5) is 30.0. The number of rotatable bonds is 6. The second kappa shape index (κ2) is 8.58. The van der Waals surface area contributed by atoms with E-state index in [1.165, 1.54) is 0 Å². The molecule has 1 aromatic carbocycles. The maximum atomic E-state index is 12.4. The molecular weight excluding hydrogens is 328 g/mol. The van der Waals surface area contributed by atoms with Crippen molar-refractivity contribution >= 4 is 17.5 Å². The van der Waals surface area contributed by atoms with E-state index < -0.39 is 0 Å². The lowest BCUT2D eigenvalue weighted by Crippen LogP contribution is -2.31. The van der Waals surface area contributed by atoms with Crippen molar-refractivity contribution in [2.75, 3.05) is 18.5 Å². The van der Waals surface area contributed by atoms with Gasteiger partial charge in [-0.05, 0) is 49.2 Å². The van der Waals surface area contributed by atoms with Crippen LogP contribution in [-0.2, 0) is 11.3 Å². The van der Waals surface area contributed by atoms with Gasteiger partial charge in [0.25, 0.3) is 5.91 Å². The maximum Gasteiger partial charge on any atom is 0.258 e. The Bertz CT molecular complexity index is 740. The van der Waals surface area contributed by atoms with Gasteiger partial charge >= 0.3 is 0 Å². The van der Waals surface area contributed by atoms with Crippen LogP contribution in [0.5, 0.6) is 0 Å². The molecule has 1 aliphatic rings. The standard InChI is InChI=1S/C20H24N4O2/c1-24(20(26)16-8-11-21-12-9-16)18-6-4-15(5-7-18)14-23-19(25)13-17-3-2-10-22-17/h4-9,11-12,17,22H,2-3,10,13-14H2,1H3,(H,23,25). The minimum absolute atomic E-state index is 0.0680. The fraction of sp³-hybridized carbons (Fsp3) is 0.350. The number of carbonyl (C=O) groups excluding carboxylic acids is 2. The van der Waals surface area contributed by atoms with Crippen molar-refractivity contribution in [3.8, 4) is 0 Å². The molecule has 2 amide bonds. The largest absolute Gasteiger partial charge is 0.352 e. The van der Waals surface area contributed by atoms with E-state index in [0.29, 0.717) is 24.6 Å². The molecule has 26 heavy (non-hydrogen) atoms. The number of hydrogen-bond acceptors (Lipinski definition) is 4. The van der Waals surface area contributed by atoms with E-state index in [1.807, 2.05) is 24.3 Å². The fourth-order valence-corrected chi connectivity index (χ4v) is 3.07. The van der Waals surface area contributed by atoms with Crippen LogP contribution >= 0.6 is 0 Å². The first kappa shape index (κ1) is 18.1. The van der Waals surface area contributed by atoms with E-state index in [-0.39, 0.29) is 11.8 Å². The number of benzene rings is 1. The molecule has 2 heterocycles. The molecule has 1 aromatic heterocycles. The summed E-state index contributed by atoms with van der Waals surface area (Å²) >= 11 is 0. The first-order valence-electron chi connectivity index (χ1n) is 8.90. The van der Waals surface area contributed by atoms with Crippen molar-refractivity contribution in [2.24, 2.45) is 0 Å². The predicted octanol–water partition coefficient (Wildman–Crippen LogP) is 2.12. The molecule has 1 unspecified atom stereocenters. The molecule has 136 valence electrons. The highest BCUT2D eigenvalue weighted by molar-refractivity contribution is 6.05. The Balaban J connectivity index is 1.52. The van der Waals surface area contributed by atoms with Crippen LogP contribution in [0.25, 0.3) is 0 Å². The normalized spacial score (nSPS) is 16.3. The first-order valence-corrected chi connectivity index (χ1v) is 8.90. The summed E-state index contributed by atoms with van der Waals surface area (Å²) in [6.45, 7) is 1.50. The molecule has 0 spiro atoms. The summed E-state index contributed by atoms with van der Waals surface area (Å²) in [5.74, 6) is -0.0176. The molecule has 0 aliphatic carbocycles. The number of amides is 2. The van der Waals surface area contributed by atoms with Gasteiger partial charge in [0.2, 0.25) is 5.91 Å². The van der Waals surface area contributed by atoms with E-state index in [1.54, 1.807) is 36.5 Å². The topological polar surface area (TPSA) is 74.3 Å². The van der Waals surface area contributed by atoms with Gasteiger partial charge in [-0.3, -0.25) is 14.6 Å². The van der Waals surface area contributed by atoms with E-state index in [9.17, 15) is 9.59 Å². The van der Waals surface area contributed by atoms with Gasteiger partial charge < -0.3 is 15.5 Å². The van der Waals surface area contributed by atoms with Crippen molar-refractivity contribution < 1.29 is 9.59 Å². The molecule has 2 aromatic rings. The van der Waals surface area contributed by atoms with E-state index in [2.05, 4.69) is 15.6 Å². The number of anilines is 1. The highest BCUT2D eigenvalue weighted by Gasteiger charge is 2.17. The van der Waals surface area contributed by atoms with Gasteiger partial charge in [0.05, 0.1) is 0 Å². The zero-order valence-corrected chi connectivity index (χ0v) is 14.9. The molecule has 2 N–H and O–H groups in total. The molecule has 1 atom stereocenters. The first-order chi connectivity index (χ1) is 12.6. The molecule has 6 nitrogen and oxygen atoms in total. The van der Waals surface area contributed by atoms with Crippen LogP contribution in [0.3, 0.4) is 0 Å². The number of pyridine rings is 1. The van der Waals surface area contributed by atoms with Gasteiger partial charge in [-0.2, -0.15) is 0 Å². The van der Waals surface area contributed by atoms with Crippen LogP contribution in [-0.4, -0.2) is 36.4 Å². The summed E-state index contributed by atoms with van der Waals surface area (Å²) in [6, 6.07) is 11.3. The summed E-state index contributed by atoms with van der Waals surface area (Å²) in [5, 5.41) is 6.28. The SMILES string of the molecule is CN(C(=O)c1ccncc1)c1ccc(CNC(=O)CC2CCCN2)cc1. The molecule has 1 aliphatic heterocycles. The van der Waals surface area contributed by atoms with Crippen molar-refractivity contribution in [3.05, 3.63) is 59.9 Å². The molecule has 1 fully saturated rings. The maximum absolute atomic E-state index is 12.4. The zero-order valence-electron chi connectivity index (χ0n) is 14.9. The van der Waals surface area contributed by atoms with Gasteiger partial charge in [-0.25, -0.2) is 0 Å². The van der Waals surface area contributed by atoms with Crippen molar-refractivity contribution in [1.29, 1.82) is 0 Å². The number of nitrogens with zero attached hydrogens (tertiary/aromatic N) is 2. The number of aromatic nitrogens is 1. The van der Waals surface area contributed by atoms with Crippen molar-refractivity contribution in [2.45, 2.75) is 31.8 Å². The van der Waals surface area contributed by atoms with Crippen molar-refractivity contribution in [1.82, 2.24) is 15.6 Å². The summed E-state index contributed by atoms with van der Waals surface area (Å²) in [5.41, 5.74) is 2.41. The Morgan fingerprint density at radius 3 is 2.58 bits per heavy atom. The fourth-order valence-electron chi connectivity index (χ4n) is 3.07. The molecular formula is C20H24N4O2. The third-order valence-electron chi connectivity index (χ3n) is 4.64. The van der Waals surface area contributed by atoms with Crippen LogP contribution in [0.4, 0.5) is 5.69 Å². The molecule has 6 heteroatoms. The quantitative estimate of drug-likeness (QED) is 0.835. The minimum atomic E-state index is -0.0856. The van der Waals surface area contributed by atoms with Gasteiger partial charge in [0.15, 0.2) is 0 Å². The lowest BCUT2D eigenvalue weighted by molar-refractivity contribution is -0.121. The molecule has 3 rings (SSSR count). The Kier molecular flexibility index (Phi) is 5.96. The second-order valence-corrected chi connectivity index (χ2v) is 6.54. The third-order valence-corrected chi connectivity index (χ3v) is 4.64. The highest BCUT2D eigenvalue weighted by Crippen LogP contribution is 2.16. The Morgan fingerprint density at radius 1 is 1.19 bits per heavy atom. The smallest absolute Gasteiger partial charge is 0.258 e. The number of carbonyl (C=O) groups is 2. The van der Waals surface area contributed by atoms with E-state index in [0.717, 1.165) is 30.6 Å². The average Bonchev–Trinajstić information content (AvgIpc) is 3.19. The zero-order chi connectivity index (χ0) is 18.4. The monoisotopic (exact) mass is 352 g/mol. The Morgan fingerprint density at radius 2 is 1.92 bits per heavy atom. The van der Waals surface area contributed by atoms with Crippen LogP contribution in [0.15, 0.2) is 48.8 Å². The highest BCUT2D eigenvalue weighted by atomic mass is 16.2. The summed E-state index contributed by atoms with van der Waals surface area (Å²) in [7, 11) is 1.74. The Labute approximate surface area is 153 Å². The average molecular weight is 352 g/mol. The summed E-state index contributed by atoms with van der Waals surface area (Å²) in [6.07, 6.45) is 5.95. The van der Waals surface area contributed by atoms with E-state index in [4.69, 9.17) is 0 Å². The van der Waals surface area contributed by atoms with Crippen molar-refractivity contribution in [3.63, 3.8) is 0 Å². The van der Waals surface area contributed by atoms with E-state index >= 15 is 0 Å². The van der Waals surface area contributed by atoms with Crippen LogP contribution in [0.1, 0.15) is 35.2 Å². The van der Waals surface area contributed by atoms with Crippen LogP contribution in [0.2, 0.25) is 0 Å². The van der Waals surface area contributed by atoms with Crippen LogP contribution < -0.4 is 15.5 Å². The lowest BCUT2D eigenvalue weighted by Gasteiger charge is -2.18. The summed E-state index contributed by atoms with van der Waals surface area (Å²) < 4.78 is 0. The predicted molar refractivity (Wildman–Crippen MR) is 101 cm³/mol. The van der Waals surface area contributed by atoms with Gasteiger partial charge in [0.1, 0.15) is 0 Å². The minimum Gasteiger partial charge on any atom is -0.352 e. The van der Waals surface area contributed by atoms with Crippen LogP contribution in [0, 0.1) is 0 Å². The third kappa shape index (κ3) is 4.67. The molecule has 0 bridgehead atoms. The number of nitrogens with one attached hydrogen (secondary N) is 2. The Hall–Kier alpha value is -2.73. The van der Waals surface area contributed by atoms with Gasteiger partial charge in [0, 0.05) is 49.7 Å². The lowest BCUT2D eigenvalue weighted by atomic mass is 10.1. The van der Waals surface area contributed by atoms with Gasteiger partial charge in [-0.1, -0.05) is 12.1 Å². The molecule has 0 radical (unpaired) electrons. The molecule has 1 saturated heterocycles. The molecule has 0 saturated carbocycles. The number of hydrogen-bond donors (Lipinski definition) is 2. The van der Waals surface area contributed by atoms with Gasteiger partial charge in [-0.15, -0.1) is 0 Å².